The number of ether oxygens (including phenoxy) is 1. The van der Waals surface area contributed by atoms with Crippen molar-refractivity contribution in [3.63, 3.8) is 0 Å². The molecule has 1 aromatic carbocycles. The van der Waals surface area contributed by atoms with Gasteiger partial charge in [0.25, 0.3) is 0 Å². The van der Waals surface area contributed by atoms with Crippen molar-refractivity contribution in [3.8, 4) is 5.75 Å². The lowest BCUT2D eigenvalue weighted by Crippen LogP contribution is -2.10. The first-order valence-corrected chi connectivity index (χ1v) is 8.08. The summed E-state index contributed by atoms with van der Waals surface area (Å²) in [7, 11) is 0. The maximum atomic E-state index is 5.92. The van der Waals surface area contributed by atoms with E-state index in [2.05, 4.69) is 48.1 Å². The zero-order valence-corrected chi connectivity index (χ0v) is 14.4. The molecule has 0 spiro atoms. The molecule has 0 aliphatic carbocycles. The summed E-state index contributed by atoms with van der Waals surface area (Å²) in [6.45, 7) is 8.65. The zero-order valence-electron chi connectivity index (χ0n) is 12.8. The third-order valence-corrected chi connectivity index (χ3v) is 3.74. The molecule has 0 saturated carbocycles. The molecular weight excluding hydrogens is 330 g/mol. The third kappa shape index (κ3) is 4.61. The molecular formula is C17H22BrNO2. The van der Waals surface area contributed by atoms with E-state index in [-0.39, 0.29) is 0 Å². The Kier molecular flexibility index (Phi) is 5.88. The Morgan fingerprint density at radius 1 is 1.29 bits per heavy atom. The van der Waals surface area contributed by atoms with E-state index in [1.165, 1.54) is 5.56 Å². The minimum atomic E-state index is 0.415. The molecule has 0 bridgehead atoms. The molecule has 0 amide bonds. The number of hydrogen-bond donors (Lipinski definition) is 1. The number of rotatable bonds is 7. The van der Waals surface area contributed by atoms with Gasteiger partial charge in [0.1, 0.15) is 18.1 Å². The van der Waals surface area contributed by atoms with Crippen LogP contribution in [0, 0.1) is 0 Å². The van der Waals surface area contributed by atoms with Gasteiger partial charge in [0, 0.05) is 16.6 Å². The Labute approximate surface area is 134 Å². The van der Waals surface area contributed by atoms with Crippen LogP contribution >= 0.6 is 15.9 Å². The molecule has 0 unspecified atom stereocenters. The van der Waals surface area contributed by atoms with Crippen LogP contribution in [0.3, 0.4) is 0 Å². The molecule has 4 heteroatoms. The largest absolute Gasteiger partial charge is 0.485 e. The molecule has 114 valence electrons. The number of halogens is 1. The van der Waals surface area contributed by atoms with Crippen LogP contribution in [0.25, 0.3) is 0 Å². The first kappa shape index (κ1) is 16.1. The molecule has 0 atom stereocenters. The van der Waals surface area contributed by atoms with E-state index >= 15 is 0 Å². The van der Waals surface area contributed by atoms with E-state index in [9.17, 15) is 0 Å². The van der Waals surface area contributed by atoms with Gasteiger partial charge in [-0.05, 0) is 42.3 Å². The predicted molar refractivity (Wildman–Crippen MR) is 88.7 cm³/mol. The highest BCUT2D eigenvalue weighted by Gasteiger charge is 2.10. The predicted octanol–water partition coefficient (Wildman–Crippen LogP) is 4.85. The third-order valence-electron chi connectivity index (χ3n) is 3.25. The van der Waals surface area contributed by atoms with Crippen LogP contribution in [0.4, 0.5) is 0 Å². The quantitative estimate of drug-likeness (QED) is 0.773. The van der Waals surface area contributed by atoms with Crippen LogP contribution in [0.5, 0.6) is 5.75 Å². The second kappa shape index (κ2) is 7.66. The summed E-state index contributed by atoms with van der Waals surface area (Å²) in [5.74, 6) is 2.18. The number of benzene rings is 1. The normalized spacial score (nSPS) is 11.1. The van der Waals surface area contributed by atoms with Crippen LogP contribution in [-0.2, 0) is 13.2 Å². The van der Waals surface area contributed by atoms with Crippen molar-refractivity contribution < 1.29 is 9.15 Å². The first-order chi connectivity index (χ1) is 10.1. The Hall–Kier alpha value is -1.26. The van der Waals surface area contributed by atoms with Gasteiger partial charge in [-0.1, -0.05) is 36.7 Å². The maximum absolute atomic E-state index is 5.92. The fourth-order valence-electron chi connectivity index (χ4n) is 2.11. The second-order valence-corrected chi connectivity index (χ2v) is 6.24. The summed E-state index contributed by atoms with van der Waals surface area (Å²) in [6.07, 6.45) is 1.78. The second-order valence-electron chi connectivity index (χ2n) is 5.33. The van der Waals surface area contributed by atoms with E-state index in [1.54, 1.807) is 6.26 Å². The Bertz CT molecular complexity index is 578. The van der Waals surface area contributed by atoms with Crippen LogP contribution in [0.2, 0.25) is 0 Å². The fraction of sp³-hybridized carbons (Fsp3) is 0.412. The standard InChI is InChI=1S/C17H22BrNO2/c1-4-19-9-13-7-15(20-10-13)11-21-17-6-5-14(18)8-16(17)12(2)3/h5-8,10,12,19H,4,9,11H2,1-3H3. The Balaban J connectivity index is 2.01. The van der Waals surface area contributed by atoms with E-state index in [0.717, 1.165) is 34.6 Å². The number of nitrogens with one attached hydrogen (secondary N) is 1. The maximum Gasteiger partial charge on any atom is 0.146 e. The van der Waals surface area contributed by atoms with Crippen LogP contribution < -0.4 is 10.1 Å². The lowest BCUT2D eigenvalue weighted by atomic mass is 10.0. The van der Waals surface area contributed by atoms with Gasteiger partial charge in [0.15, 0.2) is 0 Å². The summed E-state index contributed by atoms with van der Waals surface area (Å²) in [4.78, 5) is 0. The molecule has 1 heterocycles. The van der Waals surface area contributed by atoms with E-state index in [4.69, 9.17) is 9.15 Å². The minimum Gasteiger partial charge on any atom is -0.485 e. The topological polar surface area (TPSA) is 34.4 Å². The van der Waals surface area contributed by atoms with Crippen molar-refractivity contribution in [2.45, 2.75) is 39.8 Å². The van der Waals surface area contributed by atoms with Crippen molar-refractivity contribution in [1.29, 1.82) is 0 Å². The molecule has 1 N–H and O–H groups in total. The zero-order chi connectivity index (χ0) is 15.2. The summed E-state index contributed by atoms with van der Waals surface area (Å²) in [5, 5.41) is 3.28. The van der Waals surface area contributed by atoms with Crippen LogP contribution in [0.1, 0.15) is 43.6 Å². The molecule has 0 fully saturated rings. The highest BCUT2D eigenvalue weighted by Crippen LogP contribution is 2.30. The molecule has 2 aromatic rings. The van der Waals surface area contributed by atoms with Gasteiger partial charge in [-0.25, -0.2) is 0 Å². The lowest BCUT2D eigenvalue weighted by molar-refractivity contribution is 0.267. The van der Waals surface area contributed by atoms with Gasteiger partial charge in [-0.2, -0.15) is 0 Å². The summed E-state index contributed by atoms with van der Waals surface area (Å²) < 4.78 is 12.5. The highest BCUT2D eigenvalue weighted by atomic mass is 79.9. The molecule has 1 aromatic heterocycles. The molecule has 0 radical (unpaired) electrons. The van der Waals surface area contributed by atoms with Crippen LogP contribution in [0.15, 0.2) is 39.4 Å². The SMILES string of the molecule is CCNCc1coc(COc2ccc(Br)cc2C(C)C)c1. The van der Waals surface area contributed by atoms with Gasteiger partial charge >= 0.3 is 0 Å². The fourth-order valence-corrected chi connectivity index (χ4v) is 2.49. The van der Waals surface area contributed by atoms with Gasteiger partial charge in [-0.3, -0.25) is 0 Å². The summed E-state index contributed by atoms with van der Waals surface area (Å²) >= 11 is 3.51. The van der Waals surface area contributed by atoms with E-state index in [1.807, 2.05) is 18.2 Å². The smallest absolute Gasteiger partial charge is 0.146 e. The van der Waals surface area contributed by atoms with Crippen molar-refractivity contribution in [3.05, 3.63) is 51.9 Å². The van der Waals surface area contributed by atoms with Crippen molar-refractivity contribution in [2.75, 3.05) is 6.54 Å². The van der Waals surface area contributed by atoms with Crippen molar-refractivity contribution in [1.82, 2.24) is 5.32 Å². The van der Waals surface area contributed by atoms with Gasteiger partial charge in [0.2, 0.25) is 0 Å². The average Bonchev–Trinajstić information content (AvgIpc) is 2.91. The highest BCUT2D eigenvalue weighted by molar-refractivity contribution is 9.10. The Morgan fingerprint density at radius 3 is 2.81 bits per heavy atom. The molecule has 0 aliphatic rings. The van der Waals surface area contributed by atoms with Gasteiger partial charge < -0.3 is 14.5 Å². The van der Waals surface area contributed by atoms with E-state index in [0.29, 0.717) is 12.5 Å². The summed E-state index contributed by atoms with van der Waals surface area (Å²) in [5.41, 5.74) is 2.35. The van der Waals surface area contributed by atoms with Gasteiger partial charge in [0.05, 0.1) is 6.26 Å². The van der Waals surface area contributed by atoms with E-state index < -0.39 is 0 Å². The monoisotopic (exact) mass is 351 g/mol. The van der Waals surface area contributed by atoms with Crippen molar-refractivity contribution >= 4 is 15.9 Å². The molecule has 3 nitrogen and oxygen atoms in total. The number of furan rings is 1. The molecule has 2 rings (SSSR count). The van der Waals surface area contributed by atoms with Crippen molar-refractivity contribution in [2.24, 2.45) is 0 Å². The average molecular weight is 352 g/mol. The molecule has 0 saturated heterocycles. The molecule has 0 aliphatic heterocycles. The minimum absolute atomic E-state index is 0.415. The lowest BCUT2D eigenvalue weighted by Gasteiger charge is -2.13. The first-order valence-electron chi connectivity index (χ1n) is 7.29. The summed E-state index contributed by atoms with van der Waals surface area (Å²) in [6, 6.07) is 8.15. The van der Waals surface area contributed by atoms with Crippen LogP contribution in [-0.4, -0.2) is 6.54 Å². The van der Waals surface area contributed by atoms with Gasteiger partial charge in [-0.15, -0.1) is 0 Å². The number of hydrogen-bond acceptors (Lipinski definition) is 3. The molecule has 21 heavy (non-hydrogen) atoms. The Morgan fingerprint density at radius 2 is 2.10 bits per heavy atom.